The summed E-state index contributed by atoms with van der Waals surface area (Å²) in [5, 5.41) is 12.5. The number of pyridine rings is 1. The van der Waals surface area contributed by atoms with E-state index >= 15 is 0 Å². The summed E-state index contributed by atoms with van der Waals surface area (Å²) >= 11 is 0. The van der Waals surface area contributed by atoms with Crippen molar-refractivity contribution in [3.8, 4) is 0 Å². The standard InChI is InChI=1S/C19H22N6O/c1-20-12-16-13-25(23-22-16)17-6-9-24(10-7-17)19(26)15-4-5-18-14(11-15)3-2-8-21-18/h2-5,8,11,13,17,20H,6-7,9-10,12H2,1H3. The van der Waals surface area contributed by atoms with Gasteiger partial charge in [0.05, 0.1) is 23.4 Å². The fourth-order valence-electron chi connectivity index (χ4n) is 3.48. The molecule has 1 amide bonds. The van der Waals surface area contributed by atoms with E-state index < -0.39 is 0 Å². The zero-order valence-electron chi connectivity index (χ0n) is 14.8. The summed E-state index contributed by atoms with van der Waals surface area (Å²) in [5.74, 6) is 0.0867. The van der Waals surface area contributed by atoms with Gasteiger partial charge in [-0.25, -0.2) is 4.68 Å². The van der Waals surface area contributed by atoms with Crippen molar-refractivity contribution in [2.45, 2.75) is 25.4 Å². The molecule has 1 aromatic carbocycles. The molecule has 1 N–H and O–H groups in total. The number of nitrogens with one attached hydrogen (secondary N) is 1. The average molecular weight is 350 g/mol. The van der Waals surface area contributed by atoms with E-state index in [4.69, 9.17) is 0 Å². The van der Waals surface area contributed by atoms with Crippen LogP contribution in [0.2, 0.25) is 0 Å². The summed E-state index contributed by atoms with van der Waals surface area (Å²) in [6.07, 6.45) is 5.54. The third kappa shape index (κ3) is 3.30. The number of fused-ring (bicyclic) bond motifs is 1. The first-order valence-corrected chi connectivity index (χ1v) is 8.94. The quantitative estimate of drug-likeness (QED) is 0.779. The Labute approximate surface area is 152 Å². The first-order valence-electron chi connectivity index (χ1n) is 8.94. The Balaban J connectivity index is 1.42. The van der Waals surface area contributed by atoms with Gasteiger partial charge in [-0.2, -0.15) is 0 Å². The predicted octanol–water partition coefficient (Wildman–Crippen LogP) is 2.02. The summed E-state index contributed by atoms with van der Waals surface area (Å²) in [6, 6.07) is 9.89. The van der Waals surface area contributed by atoms with E-state index in [-0.39, 0.29) is 5.91 Å². The number of nitrogens with zero attached hydrogens (tertiary/aromatic N) is 5. The molecule has 3 aromatic rings. The first-order chi connectivity index (χ1) is 12.7. The van der Waals surface area contributed by atoms with Crippen molar-refractivity contribution in [3.05, 3.63) is 54.0 Å². The Morgan fingerprint density at radius 1 is 1.27 bits per heavy atom. The molecule has 7 nitrogen and oxygen atoms in total. The second-order valence-corrected chi connectivity index (χ2v) is 6.65. The minimum Gasteiger partial charge on any atom is -0.338 e. The number of likely N-dealkylation sites (tertiary alicyclic amines) is 1. The molecule has 1 saturated heterocycles. The summed E-state index contributed by atoms with van der Waals surface area (Å²) < 4.78 is 1.94. The number of hydrogen-bond acceptors (Lipinski definition) is 5. The molecule has 0 unspecified atom stereocenters. The van der Waals surface area contributed by atoms with Crippen molar-refractivity contribution in [1.82, 2.24) is 30.2 Å². The largest absolute Gasteiger partial charge is 0.338 e. The highest BCUT2D eigenvalue weighted by Crippen LogP contribution is 2.23. The zero-order valence-corrected chi connectivity index (χ0v) is 14.8. The predicted molar refractivity (Wildman–Crippen MR) is 98.7 cm³/mol. The van der Waals surface area contributed by atoms with Gasteiger partial charge in [-0.15, -0.1) is 5.10 Å². The highest BCUT2D eigenvalue weighted by Gasteiger charge is 2.25. The van der Waals surface area contributed by atoms with E-state index in [0.717, 1.165) is 48.1 Å². The van der Waals surface area contributed by atoms with Gasteiger partial charge in [0, 0.05) is 36.8 Å². The van der Waals surface area contributed by atoms with Crippen LogP contribution in [0.25, 0.3) is 10.9 Å². The molecule has 7 heteroatoms. The molecule has 1 fully saturated rings. The molecule has 3 heterocycles. The van der Waals surface area contributed by atoms with Crippen LogP contribution < -0.4 is 5.32 Å². The highest BCUT2D eigenvalue weighted by molar-refractivity contribution is 5.97. The number of benzene rings is 1. The van der Waals surface area contributed by atoms with E-state index in [0.29, 0.717) is 12.6 Å². The maximum atomic E-state index is 12.8. The SMILES string of the molecule is CNCc1cn(C2CCN(C(=O)c3ccc4ncccc4c3)CC2)nn1. The lowest BCUT2D eigenvalue weighted by Crippen LogP contribution is -2.39. The van der Waals surface area contributed by atoms with Gasteiger partial charge in [-0.05, 0) is 44.2 Å². The molecule has 26 heavy (non-hydrogen) atoms. The smallest absolute Gasteiger partial charge is 0.253 e. The van der Waals surface area contributed by atoms with E-state index in [1.165, 1.54) is 0 Å². The molecular formula is C19H22N6O. The van der Waals surface area contributed by atoms with Crippen molar-refractivity contribution in [3.63, 3.8) is 0 Å². The maximum absolute atomic E-state index is 12.8. The number of amides is 1. The van der Waals surface area contributed by atoms with Crippen LogP contribution >= 0.6 is 0 Å². The van der Waals surface area contributed by atoms with Gasteiger partial charge in [0.2, 0.25) is 0 Å². The highest BCUT2D eigenvalue weighted by atomic mass is 16.2. The normalized spacial score (nSPS) is 15.5. The average Bonchev–Trinajstić information content (AvgIpc) is 3.16. The molecule has 0 saturated carbocycles. The number of carbonyl (C=O) groups excluding carboxylic acids is 1. The van der Waals surface area contributed by atoms with Crippen molar-refractivity contribution < 1.29 is 4.79 Å². The van der Waals surface area contributed by atoms with E-state index in [2.05, 4.69) is 20.6 Å². The van der Waals surface area contributed by atoms with Gasteiger partial charge in [-0.1, -0.05) is 11.3 Å². The lowest BCUT2D eigenvalue weighted by Gasteiger charge is -2.32. The van der Waals surface area contributed by atoms with Crippen LogP contribution in [0.1, 0.15) is 34.9 Å². The molecule has 4 rings (SSSR count). The Kier molecular flexibility index (Phi) is 4.62. The van der Waals surface area contributed by atoms with Crippen LogP contribution in [0.4, 0.5) is 0 Å². The number of piperidine rings is 1. The molecule has 0 spiro atoms. The Morgan fingerprint density at radius 2 is 2.12 bits per heavy atom. The van der Waals surface area contributed by atoms with Gasteiger partial charge in [0.25, 0.3) is 5.91 Å². The van der Waals surface area contributed by atoms with Crippen molar-refractivity contribution in [2.24, 2.45) is 0 Å². The monoisotopic (exact) mass is 350 g/mol. The molecule has 2 aromatic heterocycles. The van der Waals surface area contributed by atoms with E-state index in [1.54, 1.807) is 6.20 Å². The van der Waals surface area contributed by atoms with Crippen LogP contribution in [-0.4, -0.2) is 50.9 Å². The Bertz CT molecular complexity index is 913. The van der Waals surface area contributed by atoms with Crippen LogP contribution in [-0.2, 0) is 6.54 Å². The van der Waals surface area contributed by atoms with Crippen LogP contribution in [0.5, 0.6) is 0 Å². The second-order valence-electron chi connectivity index (χ2n) is 6.65. The molecule has 1 aliphatic rings. The minimum absolute atomic E-state index is 0.0867. The fourth-order valence-corrected chi connectivity index (χ4v) is 3.48. The lowest BCUT2D eigenvalue weighted by molar-refractivity contribution is 0.0689. The molecular weight excluding hydrogens is 328 g/mol. The zero-order chi connectivity index (χ0) is 17.9. The van der Waals surface area contributed by atoms with Gasteiger partial charge in [0.15, 0.2) is 0 Å². The molecule has 0 radical (unpaired) electrons. The van der Waals surface area contributed by atoms with Gasteiger partial charge < -0.3 is 10.2 Å². The maximum Gasteiger partial charge on any atom is 0.253 e. The number of carbonyl (C=O) groups is 1. The van der Waals surface area contributed by atoms with Crippen LogP contribution in [0.15, 0.2) is 42.7 Å². The number of aromatic nitrogens is 4. The van der Waals surface area contributed by atoms with Crippen LogP contribution in [0.3, 0.4) is 0 Å². The van der Waals surface area contributed by atoms with Gasteiger partial charge in [0.1, 0.15) is 0 Å². The van der Waals surface area contributed by atoms with Crippen LogP contribution in [0, 0.1) is 0 Å². The summed E-state index contributed by atoms with van der Waals surface area (Å²) in [7, 11) is 1.89. The van der Waals surface area contributed by atoms with Gasteiger partial charge in [-0.3, -0.25) is 9.78 Å². The summed E-state index contributed by atoms with van der Waals surface area (Å²) in [6.45, 7) is 2.18. The number of rotatable bonds is 4. The molecule has 1 aliphatic heterocycles. The molecule has 0 atom stereocenters. The Morgan fingerprint density at radius 3 is 2.92 bits per heavy atom. The lowest BCUT2D eigenvalue weighted by atomic mass is 10.0. The number of hydrogen-bond donors (Lipinski definition) is 1. The molecule has 134 valence electrons. The van der Waals surface area contributed by atoms with Crippen molar-refractivity contribution >= 4 is 16.8 Å². The molecule has 0 bridgehead atoms. The van der Waals surface area contributed by atoms with E-state index in [9.17, 15) is 4.79 Å². The van der Waals surface area contributed by atoms with Crippen molar-refractivity contribution in [2.75, 3.05) is 20.1 Å². The summed E-state index contributed by atoms with van der Waals surface area (Å²) in [5.41, 5.74) is 2.57. The fraction of sp³-hybridized carbons (Fsp3) is 0.368. The third-order valence-electron chi connectivity index (χ3n) is 4.89. The first kappa shape index (κ1) is 16.7. The minimum atomic E-state index is 0.0867. The van der Waals surface area contributed by atoms with Crippen molar-refractivity contribution in [1.29, 1.82) is 0 Å². The topological polar surface area (TPSA) is 75.9 Å². The second kappa shape index (κ2) is 7.21. The molecule has 0 aliphatic carbocycles. The van der Waals surface area contributed by atoms with Gasteiger partial charge >= 0.3 is 0 Å². The summed E-state index contributed by atoms with van der Waals surface area (Å²) in [4.78, 5) is 19.1. The third-order valence-corrected chi connectivity index (χ3v) is 4.89. The Hall–Kier alpha value is -2.80. The van der Waals surface area contributed by atoms with E-state index in [1.807, 2.05) is 53.2 Å².